The van der Waals surface area contributed by atoms with Crippen molar-refractivity contribution in [1.29, 1.82) is 0 Å². The minimum atomic E-state index is -4.31. The van der Waals surface area contributed by atoms with Gasteiger partial charge in [0.2, 0.25) is 11.8 Å². The van der Waals surface area contributed by atoms with Gasteiger partial charge in [0, 0.05) is 19.2 Å². The van der Waals surface area contributed by atoms with Crippen molar-refractivity contribution in [3.05, 3.63) is 83.2 Å². The summed E-state index contributed by atoms with van der Waals surface area (Å²) in [5, 5.41) is 2.79. The molecular formula is C31H38FN3O6S. The van der Waals surface area contributed by atoms with Gasteiger partial charge in [0.05, 0.1) is 24.8 Å². The van der Waals surface area contributed by atoms with Gasteiger partial charge in [-0.2, -0.15) is 0 Å². The second-order valence-electron chi connectivity index (χ2n) is 9.99. The summed E-state index contributed by atoms with van der Waals surface area (Å²) in [7, 11) is -1.47. The molecule has 3 aromatic carbocycles. The Hall–Kier alpha value is -4.12. The highest BCUT2D eigenvalue weighted by Crippen LogP contribution is 2.33. The van der Waals surface area contributed by atoms with Gasteiger partial charge >= 0.3 is 0 Å². The molecule has 0 saturated carbocycles. The minimum absolute atomic E-state index is 0.0308. The lowest BCUT2D eigenvalue weighted by atomic mass is 10.1. The van der Waals surface area contributed by atoms with Crippen LogP contribution in [0.2, 0.25) is 0 Å². The Kier molecular flexibility index (Phi) is 10.9. The van der Waals surface area contributed by atoms with Gasteiger partial charge in [0.15, 0.2) is 11.5 Å². The summed E-state index contributed by atoms with van der Waals surface area (Å²) in [6.07, 6.45) is 0.703. The molecule has 0 spiro atoms. The lowest BCUT2D eigenvalue weighted by Crippen LogP contribution is -2.51. The van der Waals surface area contributed by atoms with Gasteiger partial charge in [-0.05, 0) is 80.3 Å². The highest BCUT2D eigenvalue weighted by atomic mass is 32.2. The first-order chi connectivity index (χ1) is 19.9. The lowest BCUT2D eigenvalue weighted by molar-refractivity contribution is -0.139. The summed E-state index contributed by atoms with van der Waals surface area (Å²) in [5.41, 5.74) is 2.49. The SMILES string of the molecule is CCCNC(=O)[C@@H](C)N(Cc1ccc(F)cc1)C(=O)CN(c1cc(C)cc(C)c1)S(=O)(=O)c1ccc(OC)c(OC)c1. The number of anilines is 1. The van der Waals surface area contributed by atoms with Crippen LogP contribution in [0, 0.1) is 19.7 Å². The third-order valence-electron chi connectivity index (χ3n) is 6.70. The number of sulfonamides is 1. The van der Waals surface area contributed by atoms with E-state index in [9.17, 15) is 22.4 Å². The van der Waals surface area contributed by atoms with Gasteiger partial charge in [-0.1, -0.05) is 25.1 Å². The molecule has 0 radical (unpaired) electrons. The van der Waals surface area contributed by atoms with E-state index >= 15 is 0 Å². The fraction of sp³-hybridized carbons (Fsp3) is 0.355. The third-order valence-corrected chi connectivity index (χ3v) is 8.47. The Morgan fingerprint density at radius 1 is 0.929 bits per heavy atom. The number of carbonyl (C=O) groups excluding carboxylic acids is 2. The van der Waals surface area contributed by atoms with Gasteiger partial charge in [-0.25, -0.2) is 12.8 Å². The second kappa shape index (κ2) is 14.2. The number of benzene rings is 3. The molecule has 42 heavy (non-hydrogen) atoms. The monoisotopic (exact) mass is 599 g/mol. The van der Waals surface area contributed by atoms with Crippen LogP contribution in [0.4, 0.5) is 10.1 Å². The average molecular weight is 600 g/mol. The highest BCUT2D eigenvalue weighted by molar-refractivity contribution is 7.92. The maximum Gasteiger partial charge on any atom is 0.264 e. The van der Waals surface area contributed by atoms with Crippen LogP contribution in [-0.4, -0.2) is 58.5 Å². The van der Waals surface area contributed by atoms with Crippen LogP contribution < -0.4 is 19.1 Å². The molecule has 0 aliphatic rings. The first-order valence-corrected chi connectivity index (χ1v) is 15.0. The summed E-state index contributed by atoms with van der Waals surface area (Å²) < 4.78 is 53.5. The summed E-state index contributed by atoms with van der Waals surface area (Å²) in [4.78, 5) is 28.2. The van der Waals surface area contributed by atoms with Gasteiger partial charge in [-0.15, -0.1) is 0 Å². The molecule has 0 unspecified atom stereocenters. The Labute approximate surface area is 247 Å². The number of rotatable bonds is 13. The van der Waals surface area contributed by atoms with E-state index in [-0.39, 0.29) is 23.1 Å². The van der Waals surface area contributed by atoms with E-state index in [0.29, 0.717) is 30.0 Å². The quantitative estimate of drug-likeness (QED) is 0.308. The maximum absolute atomic E-state index is 14.2. The molecule has 2 amide bonds. The Morgan fingerprint density at radius 2 is 1.55 bits per heavy atom. The van der Waals surface area contributed by atoms with Crippen molar-refractivity contribution in [3.8, 4) is 11.5 Å². The summed E-state index contributed by atoms with van der Waals surface area (Å²) >= 11 is 0. The molecule has 1 atom stereocenters. The zero-order valence-electron chi connectivity index (χ0n) is 24.8. The Bertz CT molecular complexity index is 1490. The number of hydrogen-bond acceptors (Lipinski definition) is 6. The number of ether oxygens (including phenoxy) is 2. The van der Waals surface area contributed by atoms with E-state index in [4.69, 9.17) is 9.47 Å². The number of amides is 2. The van der Waals surface area contributed by atoms with Crippen molar-refractivity contribution >= 4 is 27.5 Å². The van der Waals surface area contributed by atoms with Crippen LogP contribution >= 0.6 is 0 Å². The molecule has 9 nitrogen and oxygen atoms in total. The Morgan fingerprint density at radius 3 is 2.12 bits per heavy atom. The molecule has 0 heterocycles. The molecule has 0 aromatic heterocycles. The lowest BCUT2D eigenvalue weighted by Gasteiger charge is -2.32. The number of nitrogens with one attached hydrogen (secondary N) is 1. The van der Waals surface area contributed by atoms with E-state index in [0.717, 1.165) is 15.4 Å². The van der Waals surface area contributed by atoms with Crippen LogP contribution in [0.1, 0.15) is 37.0 Å². The molecule has 226 valence electrons. The average Bonchev–Trinajstić information content (AvgIpc) is 2.96. The molecule has 0 fully saturated rings. The zero-order chi connectivity index (χ0) is 31.0. The molecule has 0 aliphatic carbocycles. The summed E-state index contributed by atoms with van der Waals surface area (Å²) in [5.74, 6) is -0.866. The van der Waals surface area contributed by atoms with Gasteiger partial charge in [-0.3, -0.25) is 13.9 Å². The number of aryl methyl sites for hydroxylation is 2. The van der Waals surface area contributed by atoms with Gasteiger partial charge < -0.3 is 19.7 Å². The highest BCUT2D eigenvalue weighted by Gasteiger charge is 2.33. The molecule has 0 aliphatic heterocycles. The number of hydrogen-bond donors (Lipinski definition) is 1. The number of methoxy groups -OCH3 is 2. The molecule has 3 aromatic rings. The van der Waals surface area contributed by atoms with Crippen LogP contribution in [0.15, 0.2) is 65.6 Å². The van der Waals surface area contributed by atoms with Gasteiger partial charge in [0.1, 0.15) is 18.4 Å². The number of halogens is 1. The molecule has 0 saturated heterocycles. The van der Waals surface area contributed by atoms with Crippen molar-refractivity contribution in [3.63, 3.8) is 0 Å². The fourth-order valence-corrected chi connectivity index (χ4v) is 5.91. The van der Waals surface area contributed by atoms with Crippen molar-refractivity contribution < 1.29 is 31.9 Å². The van der Waals surface area contributed by atoms with Crippen LogP contribution in [0.3, 0.4) is 0 Å². The number of carbonyl (C=O) groups is 2. The maximum atomic E-state index is 14.2. The number of nitrogens with zero attached hydrogens (tertiary/aromatic N) is 2. The molecular weight excluding hydrogens is 561 g/mol. The predicted octanol–water partition coefficient (Wildman–Crippen LogP) is 4.60. The van der Waals surface area contributed by atoms with Crippen molar-refractivity contribution in [2.75, 3.05) is 31.6 Å². The molecule has 1 N–H and O–H groups in total. The molecule has 3 rings (SSSR count). The minimum Gasteiger partial charge on any atom is -0.493 e. The van der Waals surface area contributed by atoms with Gasteiger partial charge in [0.25, 0.3) is 10.0 Å². The smallest absolute Gasteiger partial charge is 0.264 e. The first kappa shape index (κ1) is 32.4. The summed E-state index contributed by atoms with van der Waals surface area (Å²) in [6.45, 7) is 6.96. The van der Waals surface area contributed by atoms with Crippen molar-refractivity contribution in [1.82, 2.24) is 10.2 Å². The fourth-order valence-electron chi connectivity index (χ4n) is 4.49. The normalized spacial score (nSPS) is 11.9. The largest absolute Gasteiger partial charge is 0.493 e. The summed E-state index contributed by atoms with van der Waals surface area (Å²) in [6, 6.07) is 14.1. The first-order valence-electron chi connectivity index (χ1n) is 13.6. The van der Waals surface area contributed by atoms with E-state index in [1.807, 2.05) is 26.8 Å². The standard InChI is InChI=1S/C31H38FN3O6S/c1-7-14-33-31(37)23(4)34(19-24-8-10-25(32)11-9-24)30(36)20-35(26-16-21(2)15-22(3)17-26)42(38,39)27-12-13-28(40-5)29(18-27)41-6/h8-13,15-18,23H,7,14,19-20H2,1-6H3,(H,33,37)/t23-/m1/s1. The van der Waals surface area contributed by atoms with Crippen LogP contribution in [0.25, 0.3) is 0 Å². The topological polar surface area (TPSA) is 105 Å². The third kappa shape index (κ3) is 7.79. The van der Waals surface area contributed by atoms with Crippen LogP contribution in [-0.2, 0) is 26.2 Å². The Balaban J connectivity index is 2.09. The van der Waals surface area contributed by atoms with Crippen molar-refractivity contribution in [2.24, 2.45) is 0 Å². The molecule has 11 heteroatoms. The molecule has 0 bridgehead atoms. The zero-order valence-corrected chi connectivity index (χ0v) is 25.6. The van der Waals surface area contributed by atoms with Crippen molar-refractivity contribution in [2.45, 2.75) is 51.6 Å². The van der Waals surface area contributed by atoms with E-state index in [2.05, 4.69) is 5.32 Å². The second-order valence-corrected chi connectivity index (χ2v) is 11.9. The van der Waals surface area contributed by atoms with E-state index in [1.54, 1.807) is 19.1 Å². The van der Waals surface area contributed by atoms with Crippen LogP contribution in [0.5, 0.6) is 11.5 Å². The van der Waals surface area contributed by atoms with E-state index in [1.165, 1.54) is 61.6 Å². The van der Waals surface area contributed by atoms with E-state index < -0.39 is 34.3 Å². The predicted molar refractivity (Wildman–Crippen MR) is 160 cm³/mol.